The van der Waals surface area contributed by atoms with Crippen LogP contribution in [0.4, 0.5) is 0 Å². The number of hydrogen-bond donors (Lipinski definition) is 1. The lowest BCUT2D eigenvalue weighted by atomic mass is 10.0. The van der Waals surface area contributed by atoms with Crippen molar-refractivity contribution in [3.8, 4) is 11.3 Å². The number of aryl methyl sites for hydroxylation is 2. The van der Waals surface area contributed by atoms with Crippen molar-refractivity contribution in [2.24, 2.45) is 7.05 Å². The molecule has 0 radical (unpaired) electrons. The second kappa shape index (κ2) is 8.03. The molecule has 5 nitrogen and oxygen atoms in total. The number of pyridine rings is 1. The maximum absolute atomic E-state index is 13.3. The van der Waals surface area contributed by atoms with Gasteiger partial charge in [0.15, 0.2) is 0 Å². The van der Waals surface area contributed by atoms with Crippen molar-refractivity contribution >= 4 is 32.7 Å². The summed E-state index contributed by atoms with van der Waals surface area (Å²) in [5.41, 5.74) is 6.37. The van der Waals surface area contributed by atoms with Crippen LogP contribution in [0.5, 0.6) is 0 Å². The molecule has 0 aliphatic rings. The summed E-state index contributed by atoms with van der Waals surface area (Å²) in [4.78, 5) is 18.1. The van der Waals surface area contributed by atoms with Crippen LogP contribution >= 0.6 is 15.9 Å². The standard InChI is InChI=1S/C24H23BrN4O/c1-14-5-7-17(8-6-14)23-12-20(19-11-18(25)9-10-22(19)28-23)24(30)27-15(2)21-13-26-29(4)16(21)3/h5-13,15H,1-4H3,(H,27,30)/t15-/m0/s1. The largest absolute Gasteiger partial charge is 0.345 e. The number of carbonyl (C=O) groups excluding carboxylic acids is 1. The van der Waals surface area contributed by atoms with E-state index in [0.717, 1.165) is 37.9 Å². The van der Waals surface area contributed by atoms with E-state index in [1.807, 2.05) is 62.0 Å². The summed E-state index contributed by atoms with van der Waals surface area (Å²) in [6, 6.07) is 15.7. The number of halogens is 1. The van der Waals surface area contributed by atoms with Crippen LogP contribution in [0.1, 0.15) is 40.1 Å². The first-order valence-corrected chi connectivity index (χ1v) is 10.6. The summed E-state index contributed by atoms with van der Waals surface area (Å²) < 4.78 is 2.72. The zero-order valence-corrected chi connectivity index (χ0v) is 19.0. The third kappa shape index (κ3) is 3.87. The molecule has 0 spiro atoms. The molecule has 2 aromatic heterocycles. The quantitative estimate of drug-likeness (QED) is 0.435. The zero-order valence-electron chi connectivity index (χ0n) is 17.4. The first-order chi connectivity index (χ1) is 14.3. The molecule has 1 N–H and O–H groups in total. The van der Waals surface area contributed by atoms with Crippen molar-refractivity contribution < 1.29 is 4.79 Å². The van der Waals surface area contributed by atoms with Crippen molar-refractivity contribution in [1.29, 1.82) is 0 Å². The SMILES string of the molecule is Cc1ccc(-c2cc(C(=O)N[C@@H](C)c3cnn(C)c3C)c3cc(Br)ccc3n2)cc1. The highest BCUT2D eigenvalue weighted by Gasteiger charge is 2.19. The second-order valence-corrected chi connectivity index (χ2v) is 8.50. The van der Waals surface area contributed by atoms with Gasteiger partial charge in [0.1, 0.15) is 0 Å². The molecule has 0 fully saturated rings. The zero-order chi connectivity index (χ0) is 21.4. The minimum atomic E-state index is -0.163. The average Bonchev–Trinajstić information content (AvgIpc) is 3.06. The fourth-order valence-corrected chi connectivity index (χ4v) is 3.91. The predicted molar refractivity (Wildman–Crippen MR) is 123 cm³/mol. The van der Waals surface area contributed by atoms with Crippen LogP contribution in [-0.4, -0.2) is 20.7 Å². The lowest BCUT2D eigenvalue weighted by molar-refractivity contribution is 0.0941. The van der Waals surface area contributed by atoms with Crippen LogP contribution < -0.4 is 5.32 Å². The Bertz CT molecular complexity index is 1240. The molecule has 1 atom stereocenters. The van der Waals surface area contributed by atoms with E-state index >= 15 is 0 Å². The van der Waals surface area contributed by atoms with Crippen molar-refractivity contribution in [2.75, 3.05) is 0 Å². The van der Waals surface area contributed by atoms with Crippen LogP contribution in [-0.2, 0) is 7.05 Å². The Kier molecular flexibility index (Phi) is 5.43. The fourth-order valence-electron chi connectivity index (χ4n) is 3.55. The monoisotopic (exact) mass is 462 g/mol. The second-order valence-electron chi connectivity index (χ2n) is 7.59. The lowest BCUT2D eigenvalue weighted by Gasteiger charge is -2.16. The first-order valence-electron chi connectivity index (χ1n) is 9.80. The predicted octanol–water partition coefficient (Wildman–Crippen LogP) is 5.51. The average molecular weight is 463 g/mol. The summed E-state index contributed by atoms with van der Waals surface area (Å²) in [6.07, 6.45) is 1.80. The van der Waals surface area contributed by atoms with Crippen molar-refractivity contribution in [1.82, 2.24) is 20.1 Å². The molecule has 0 bridgehead atoms. The van der Waals surface area contributed by atoms with Crippen molar-refractivity contribution in [3.05, 3.63) is 81.6 Å². The molecule has 1 amide bonds. The molecule has 30 heavy (non-hydrogen) atoms. The third-order valence-electron chi connectivity index (χ3n) is 5.45. The molecule has 2 aromatic carbocycles. The number of fused-ring (bicyclic) bond motifs is 1. The van der Waals surface area contributed by atoms with E-state index in [1.54, 1.807) is 6.20 Å². The van der Waals surface area contributed by atoms with Gasteiger partial charge < -0.3 is 5.32 Å². The first kappa shape index (κ1) is 20.3. The van der Waals surface area contributed by atoms with Gasteiger partial charge in [0.25, 0.3) is 5.91 Å². The molecular weight excluding hydrogens is 440 g/mol. The van der Waals surface area contributed by atoms with Gasteiger partial charge in [-0.1, -0.05) is 45.8 Å². The van der Waals surface area contributed by atoms with E-state index in [0.29, 0.717) is 5.56 Å². The molecule has 0 unspecified atom stereocenters. The Hall–Kier alpha value is -2.99. The van der Waals surface area contributed by atoms with E-state index in [-0.39, 0.29) is 11.9 Å². The van der Waals surface area contributed by atoms with Gasteiger partial charge in [-0.2, -0.15) is 5.10 Å². The van der Waals surface area contributed by atoms with Gasteiger partial charge in [0.2, 0.25) is 0 Å². The maximum Gasteiger partial charge on any atom is 0.252 e. The fraction of sp³-hybridized carbons (Fsp3) is 0.208. The summed E-state index contributed by atoms with van der Waals surface area (Å²) in [7, 11) is 1.90. The van der Waals surface area contributed by atoms with Crippen molar-refractivity contribution in [2.45, 2.75) is 26.8 Å². The third-order valence-corrected chi connectivity index (χ3v) is 5.94. The number of rotatable bonds is 4. The maximum atomic E-state index is 13.3. The van der Waals surface area contributed by atoms with Gasteiger partial charge in [-0.3, -0.25) is 9.48 Å². The highest BCUT2D eigenvalue weighted by Crippen LogP contribution is 2.28. The summed E-state index contributed by atoms with van der Waals surface area (Å²) in [5, 5.41) is 8.23. The smallest absolute Gasteiger partial charge is 0.252 e. The van der Waals surface area contributed by atoms with Gasteiger partial charge in [0, 0.05) is 33.7 Å². The Labute approximate surface area is 184 Å². The van der Waals surface area contributed by atoms with E-state index in [4.69, 9.17) is 4.98 Å². The van der Waals surface area contributed by atoms with Crippen LogP contribution in [0.25, 0.3) is 22.2 Å². The van der Waals surface area contributed by atoms with Crippen LogP contribution in [0.3, 0.4) is 0 Å². The Morgan fingerprint density at radius 1 is 1.10 bits per heavy atom. The van der Waals surface area contributed by atoms with Crippen LogP contribution in [0.2, 0.25) is 0 Å². The Morgan fingerprint density at radius 2 is 1.83 bits per heavy atom. The molecule has 4 aromatic rings. The van der Waals surface area contributed by atoms with Gasteiger partial charge in [-0.25, -0.2) is 4.98 Å². The minimum absolute atomic E-state index is 0.135. The van der Waals surface area contributed by atoms with E-state index < -0.39 is 0 Å². The number of nitrogens with one attached hydrogen (secondary N) is 1. The van der Waals surface area contributed by atoms with Gasteiger partial charge >= 0.3 is 0 Å². The van der Waals surface area contributed by atoms with Crippen molar-refractivity contribution in [3.63, 3.8) is 0 Å². The summed E-state index contributed by atoms with van der Waals surface area (Å²) >= 11 is 3.52. The topological polar surface area (TPSA) is 59.8 Å². The Morgan fingerprint density at radius 3 is 2.50 bits per heavy atom. The van der Waals surface area contributed by atoms with Crippen LogP contribution in [0, 0.1) is 13.8 Å². The van der Waals surface area contributed by atoms with Gasteiger partial charge in [0.05, 0.1) is 29.0 Å². The molecule has 6 heteroatoms. The summed E-state index contributed by atoms with van der Waals surface area (Å²) in [5.74, 6) is -0.135. The van der Waals surface area contributed by atoms with Gasteiger partial charge in [-0.15, -0.1) is 0 Å². The number of aromatic nitrogens is 3. The molecule has 0 saturated carbocycles. The molecule has 2 heterocycles. The number of carbonyl (C=O) groups is 1. The van der Waals surface area contributed by atoms with E-state index in [2.05, 4.69) is 45.4 Å². The molecular formula is C24H23BrN4O. The number of nitrogens with zero attached hydrogens (tertiary/aromatic N) is 3. The molecule has 152 valence electrons. The van der Waals surface area contributed by atoms with Gasteiger partial charge in [-0.05, 0) is 45.0 Å². The molecule has 4 rings (SSSR count). The summed E-state index contributed by atoms with van der Waals surface area (Å²) in [6.45, 7) is 6.03. The minimum Gasteiger partial charge on any atom is -0.345 e. The molecule has 0 aliphatic carbocycles. The molecule has 0 aliphatic heterocycles. The number of benzene rings is 2. The number of amides is 1. The van der Waals surface area contributed by atoms with Crippen LogP contribution in [0.15, 0.2) is 59.2 Å². The van der Waals surface area contributed by atoms with E-state index in [9.17, 15) is 4.79 Å². The normalized spacial score (nSPS) is 12.2. The highest BCUT2D eigenvalue weighted by molar-refractivity contribution is 9.10. The molecule has 0 saturated heterocycles. The lowest BCUT2D eigenvalue weighted by Crippen LogP contribution is -2.27. The number of hydrogen-bond acceptors (Lipinski definition) is 3. The highest BCUT2D eigenvalue weighted by atomic mass is 79.9. The Balaban J connectivity index is 1.77. The van der Waals surface area contributed by atoms with E-state index in [1.165, 1.54) is 5.56 Å².